The van der Waals surface area contributed by atoms with Gasteiger partial charge in [-0.3, -0.25) is 14.4 Å². The highest BCUT2D eigenvalue weighted by atomic mass is 79.9. The first-order chi connectivity index (χ1) is 8.16. The number of furan rings is 1. The molecular formula is C10H11BrN2O4. The van der Waals surface area contributed by atoms with Gasteiger partial charge in [-0.15, -0.1) is 0 Å². The van der Waals surface area contributed by atoms with Crippen molar-refractivity contribution in [1.82, 2.24) is 10.4 Å². The van der Waals surface area contributed by atoms with Crippen molar-refractivity contribution in [2.75, 3.05) is 19.7 Å². The topological polar surface area (TPSA) is 71.8 Å². The molecule has 92 valence electrons. The lowest BCUT2D eigenvalue weighted by atomic mass is 10.4. The normalized spacial score (nSPS) is 15.0. The van der Waals surface area contributed by atoms with Crippen LogP contribution < -0.4 is 5.32 Å². The molecule has 1 aliphatic heterocycles. The van der Waals surface area contributed by atoms with Crippen molar-refractivity contribution in [3.63, 3.8) is 0 Å². The maximum Gasteiger partial charge on any atom is 0.287 e. The smallest absolute Gasteiger partial charge is 0.287 e. The summed E-state index contributed by atoms with van der Waals surface area (Å²) in [5.41, 5.74) is 0. The number of hydroxylamine groups is 2. The largest absolute Gasteiger partial charge is 0.444 e. The standard InChI is InChI=1S/C10H11BrN2O4/c11-8-3-2-7(17-8)10(15)12-6-9(14)13-4-1-5-16-13/h2-3H,1,4-6H2,(H,12,15). The number of carbonyl (C=O) groups is 2. The van der Waals surface area contributed by atoms with Gasteiger partial charge in [-0.25, -0.2) is 5.06 Å². The van der Waals surface area contributed by atoms with Crippen LogP contribution in [0.5, 0.6) is 0 Å². The van der Waals surface area contributed by atoms with E-state index in [0.717, 1.165) is 6.42 Å². The van der Waals surface area contributed by atoms with Gasteiger partial charge >= 0.3 is 0 Å². The molecule has 2 amide bonds. The van der Waals surface area contributed by atoms with E-state index in [1.165, 1.54) is 11.1 Å². The van der Waals surface area contributed by atoms with Gasteiger partial charge in [-0.2, -0.15) is 0 Å². The lowest BCUT2D eigenvalue weighted by molar-refractivity contribution is -0.167. The van der Waals surface area contributed by atoms with Crippen LogP contribution in [0.4, 0.5) is 0 Å². The molecule has 1 N–H and O–H groups in total. The predicted octanol–water partition coefficient (Wildman–Crippen LogP) is 0.936. The number of hydrogen-bond acceptors (Lipinski definition) is 4. The molecule has 2 rings (SSSR count). The number of nitrogens with zero attached hydrogens (tertiary/aromatic N) is 1. The monoisotopic (exact) mass is 302 g/mol. The molecule has 0 atom stereocenters. The van der Waals surface area contributed by atoms with Crippen molar-refractivity contribution in [1.29, 1.82) is 0 Å². The summed E-state index contributed by atoms with van der Waals surface area (Å²) in [6.07, 6.45) is 0.824. The number of rotatable bonds is 3. The van der Waals surface area contributed by atoms with Crippen LogP contribution in [-0.4, -0.2) is 36.6 Å². The van der Waals surface area contributed by atoms with Crippen molar-refractivity contribution in [3.05, 3.63) is 22.6 Å². The fraction of sp³-hybridized carbons (Fsp3) is 0.400. The highest BCUT2D eigenvalue weighted by Gasteiger charge is 2.20. The molecule has 0 bridgehead atoms. The molecule has 6 nitrogen and oxygen atoms in total. The van der Waals surface area contributed by atoms with E-state index in [2.05, 4.69) is 21.2 Å². The van der Waals surface area contributed by atoms with Gasteiger partial charge in [0.25, 0.3) is 11.8 Å². The number of nitrogens with one attached hydrogen (secondary N) is 1. The summed E-state index contributed by atoms with van der Waals surface area (Å²) in [4.78, 5) is 28.1. The maximum absolute atomic E-state index is 11.5. The minimum atomic E-state index is -0.428. The molecule has 1 saturated heterocycles. The highest BCUT2D eigenvalue weighted by molar-refractivity contribution is 9.10. The SMILES string of the molecule is O=C(NCC(=O)N1CCCO1)c1ccc(Br)o1. The van der Waals surface area contributed by atoms with Crippen molar-refractivity contribution in [2.45, 2.75) is 6.42 Å². The molecule has 17 heavy (non-hydrogen) atoms. The Morgan fingerprint density at radius 3 is 2.88 bits per heavy atom. The fourth-order valence-corrected chi connectivity index (χ4v) is 1.72. The molecule has 0 radical (unpaired) electrons. The Morgan fingerprint density at radius 1 is 1.47 bits per heavy atom. The van der Waals surface area contributed by atoms with Gasteiger partial charge in [0.05, 0.1) is 19.7 Å². The van der Waals surface area contributed by atoms with Crippen molar-refractivity contribution in [3.8, 4) is 0 Å². The second-order valence-electron chi connectivity index (χ2n) is 3.47. The van der Waals surface area contributed by atoms with Crippen LogP contribution in [0.15, 0.2) is 21.2 Å². The minimum Gasteiger partial charge on any atom is -0.444 e. The van der Waals surface area contributed by atoms with E-state index in [1.54, 1.807) is 6.07 Å². The summed E-state index contributed by atoms with van der Waals surface area (Å²) >= 11 is 3.09. The van der Waals surface area contributed by atoms with Crippen molar-refractivity contribution >= 4 is 27.7 Å². The summed E-state index contributed by atoms with van der Waals surface area (Å²) in [5, 5.41) is 3.73. The summed E-state index contributed by atoms with van der Waals surface area (Å²) in [6.45, 7) is 1.02. The summed E-state index contributed by atoms with van der Waals surface area (Å²) in [6, 6.07) is 3.14. The Morgan fingerprint density at radius 2 is 2.29 bits per heavy atom. The molecule has 1 aromatic heterocycles. The van der Waals surface area contributed by atoms with E-state index in [9.17, 15) is 9.59 Å². The van der Waals surface area contributed by atoms with Gasteiger partial charge in [0.15, 0.2) is 10.4 Å². The molecule has 1 fully saturated rings. The maximum atomic E-state index is 11.5. The molecule has 0 spiro atoms. The summed E-state index contributed by atoms with van der Waals surface area (Å²) in [5.74, 6) is -0.531. The van der Waals surface area contributed by atoms with Gasteiger partial charge in [0.1, 0.15) is 0 Å². The number of hydrogen-bond donors (Lipinski definition) is 1. The van der Waals surface area contributed by atoms with Crippen LogP contribution >= 0.6 is 15.9 Å². The van der Waals surface area contributed by atoms with Crippen LogP contribution in [0.1, 0.15) is 17.0 Å². The van der Waals surface area contributed by atoms with E-state index in [1.807, 2.05) is 0 Å². The minimum absolute atomic E-state index is 0.100. The third-order valence-corrected chi connectivity index (χ3v) is 2.65. The first kappa shape index (κ1) is 12.1. The van der Waals surface area contributed by atoms with E-state index in [-0.39, 0.29) is 18.2 Å². The zero-order chi connectivity index (χ0) is 12.3. The lowest BCUT2D eigenvalue weighted by Crippen LogP contribution is -2.38. The summed E-state index contributed by atoms with van der Waals surface area (Å²) < 4.78 is 5.52. The van der Waals surface area contributed by atoms with Gasteiger partial charge in [-0.1, -0.05) is 0 Å². The van der Waals surface area contributed by atoms with Crippen LogP contribution in [-0.2, 0) is 9.63 Å². The number of halogens is 1. The molecule has 7 heteroatoms. The van der Waals surface area contributed by atoms with Gasteiger partial charge in [0, 0.05) is 0 Å². The third kappa shape index (κ3) is 3.07. The number of carbonyl (C=O) groups excluding carboxylic acids is 2. The van der Waals surface area contributed by atoms with Gasteiger partial charge < -0.3 is 9.73 Å². The van der Waals surface area contributed by atoms with Crippen LogP contribution in [0.3, 0.4) is 0 Å². The number of amides is 2. The molecule has 2 heterocycles. The van der Waals surface area contributed by atoms with Crippen molar-refractivity contribution < 1.29 is 18.8 Å². The van der Waals surface area contributed by atoms with Gasteiger partial charge in [-0.05, 0) is 34.5 Å². The molecule has 0 aromatic carbocycles. The average molecular weight is 303 g/mol. The Balaban J connectivity index is 1.81. The first-order valence-corrected chi connectivity index (χ1v) is 5.93. The fourth-order valence-electron chi connectivity index (χ4n) is 1.41. The predicted molar refractivity (Wildman–Crippen MR) is 61.0 cm³/mol. The van der Waals surface area contributed by atoms with Gasteiger partial charge in [0.2, 0.25) is 0 Å². The second-order valence-corrected chi connectivity index (χ2v) is 4.25. The Kier molecular flexibility index (Phi) is 3.80. The molecule has 0 saturated carbocycles. The first-order valence-electron chi connectivity index (χ1n) is 5.13. The zero-order valence-corrected chi connectivity index (χ0v) is 10.5. The van der Waals surface area contributed by atoms with E-state index < -0.39 is 5.91 Å². The molecule has 0 unspecified atom stereocenters. The molecule has 1 aliphatic rings. The zero-order valence-electron chi connectivity index (χ0n) is 8.94. The summed E-state index contributed by atoms with van der Waals surface area (Å²) in [7, 11) is 0. The van der Waals surface area contributed by atoms with E-state index in [4.69, 9.17) is 9.25 Å². The van der Waals surface area contributed by atoms with Crippen molar-refractivity contribution in [2.24, 2.45) is 0 Å². The second kappa shape index (κ2) is 5.33. The van der Waals surface area contributed by atoms with Crippen LogP contribution in [0, 0.1) is 0 Å². The van der Waals surface area contributed by atoms with Crippen LogP contribution in [0.25, 0.3) is 0 Å². The highest BCUT2D eigenvalue weighted by Crippen LogP contribution is 2.13. The molecule has 1 aromatic rings. The lowest BCUT2D eigenvalue weighted by Gasteiger charge is -2.13. The quantitative estimate of drug-likeness (QED) is 0.902. The van der Waals surface area contributed by atoms with Crippen LogP contribution in [0.2, 0.25) is 0 Å². The molecular weight excluding hydrogens is 292 g/mol. The Hall–Kier alpha value is -1.34. The average Bonchev–Trinajstić information content (AvgIpc) is 2.95. The molecule has 0 aliphatic carbocycles. The third-order valence-electron chi connectivity index (χ3n) is 2.23. The van der Waals surface area contributed by atoms with E-state index >= 15 is 0 Å². The Bertz CT molecular complexity index is 426. The Labute approximate surface area is 106 Å². The van der Waals surface area contributed by atoms with E-state index in [0.29, 0.717) is 17.8 Å².